The largest absolute Gasteiger partial charge is 0.480 e. The Morgan fingerprint density at radius 2 is 1.89 bits per heavy atom. The Labute approximate surface area is 106 Å². The lowest BCUT2D eigenvalue weighted by atomic mass is 10.1. The van der Waals surface area contributed by atoms with E-state index in [1.807, 2.05) is 13.8 Å². The molecule has 1 atom stereocenters. The minimum Gasteiger partial charge on any atom is -0.480 e. The summed E-state index contributed by atoms with van der Waals surface area (Å²) in [5.41, 5.74) is 1.48. The second-order valence-electron chi connectivity index (χ2n) is 4.25. The van der Waals surface area contributed by atoms with Crippen LogP contribution in [0.25, 0.3) is 0 Å². The van der Waals surface area contributed by atoms with Crippen LogP contribution in [0.2, 0.25) is 0 Å². The highest BCUT2D eigenvalue weighted by molar-refractivity contribution is 5.96. The number of aliphatic carboxylic acids is 1. The van der Waals surface area contributed by atoms with E-state index >= 15 is 0 Å². The maximum absolute atomic E-state index is 11.8. The molecular weight excluding hydrogens is 230 g/mol. The quantitative estimate of drug-likeness (QED) is 0.784. The fourth-order valence-electron chi connectivity index (χ4n) is 1.41. The zero-order valence-corrected chi connectivity index (χ0v) is 10.5. The molecule has 0 aromatic heterocycles. The van der Waals surface area contributed by atoms with Gasteiger partial charge in [-0.15, -0.1) is 0 Å². The van der Waals surface area contributed by atoms with E-state index in [0.717, 1.165) is 5.57 Å². The van der Waals surface area contributed by atoms with Gasteiger partial charge in [0.1, 0.15) is 6.04 Å². The number of carbonyl (C=O) groups excluding carboxylic acids is 1. The van der Waals surface area contributed by atoms with Crippen LogP contribution in [0.5, 0.6) is 0 Å². The lowest BCUT2D eigenvalue weighted by Crippen LogP contribution is -2.40. The Bertz CT molecular complexity index is 447. The summed E-state index contributed by atoms with van der Waals surface area (Å²) in [5, 5.41) is 11.5. The van der Waals surface area contributed by atoms with Gasteiger partial charge in [-0.25, -0.2) is 4.79 Å². The summed E-state index contributed by atoms with van der Waals surface area (Å²) in [5.74, 6) is -1.40. The standard InChI is InChI=1S/C14H17NO3/c1-10(2)8-9-12(14(17)18)15-13(16)11-6-4-3-5-7-11/h3-8,12H,9H2,1-2H3,(H,15,16)(H,17,18)/t12-/m1/s1. The van der Waals surface area contributed by atoms with Crippen molar-refractivity contribution in [1.29, 1.82) is 0 Å². The zero-order valence-electron chi connectivity index (χ0n) is 10.5. The Hall–Kier alpha value is -2.10. The van der Waals surface area contributed by atoms with Crippen LogP contribution in [-0.4, -0.2) is 23.0 Å². The molecule has 96 valence electrons. The number of allylic oxidation sites excluding steroid dienone is 1. The van der Waals surface area contributed by atoms with Gasteiger partial charge in [-0.2, -0.15) is 0 Å². The molecule has 0 spiro atoms. The van der Waals surface area contributed by atoms with Crippen molar-refractivity contribution in [3.05, 3.63) is 47.5 Å². The molecule has 4 heteroatoms. The predicted molar refractivity (Wildman–Crippen MR) is 69.4 cm³/mol. The van der Waals surface area contributed by atoms with Crippen LogP contribution in [0, 0.1) is 0 Å². The Balaban J connectivity index is 2.70. The summed E-state index contributed by atoms with van der Waals surface area (Å²) < 4.78 is 0. The lowest BCUT2D eigenvalue weighted by molar-refractivity contribution is -0.139. The molecule has 4 nitrogen and oxygen atoms in total. The summed E-state index contributed by atoms with van der Waals surface area (Å²) in [7, 11) is 0. The fraction of sp³-hybridized carbons (Fsp3) is 0.286. The van der Waals surface area contributed by atoms with Crippen molar-refractivity contribution in [3.63, 3.8) is 0 Å². The van der Waals surface area contributed by atoms with E-state index in [4.69, 9.17) is 5.11 Å². The minimum absolute atomic E-state index is 0.288. The second-order valence-corrected chi connectivity index (χ2v) is 4.25. The highest BCUT2D eigenvalue weighted by Crippen LogP contribution is 2.03. The van der Waals surface area contributed by atoms with Gasteiger partial charge in [0.05, 0.1) is 0 Å². The van der Waals surface area contributed by atoms with Crippen LogP contribution in [0.3, 0.4) is 0 Å². The third-order valence-corrected chi connectivity index (χ3v) is 2.40. The molecule has 0 bridgehead atoms. The molecule has 1 aromatic rings. The van der Waals surface area contributed by atoms with Crippen molar-refractivity contribution in [2.24, 2.45) is 0 Å². The molecule has 0 fully saturated rings. The number of carboxylic acid groups (broad SMARTS) is 1. The van der Waals surface area contributed by atoms with Gasteiger partial charge in [0, 0.05) is 5.56 Å². The molecule has 0 radical (unpaired) electrons. The summed E-state index contributed by atoms with van der Waals surface area (Å²) >= 11 is 0. The number of rotatable bonds is 5. The molecule has 0 unspecified atom stereocenters. The number of carbonyl (C=O) groups is 2. The normalized spacial score (nSPS) is 11.4. The topological polar surface area (TPSA) is 66.4 Å². The van der Waals surface area contributed by atoms with Crippen LogP contribution in [-0.2, 0) is 4.79 Å². The van der Waals surface area contributed by atoms with Gasteiger partial charge in [-0.05, 0) is 32.4 Å². The Morgan fingerprint density at radius 1 is 1.28 bits per heavy atom. The molecule has 0 aliphatic rings. The number of nitrogens with one attached hydrogen (secondary N) is 1. The maximum Gasteiger partial charge on any atom is 0.326 e. The molecule has 0 aliphatic heterocycles. The van der Waals surface area contributed by atoms with Crippen LogP contribution in [0.15, 0.2) is 42.0 Å². The van der Waals surface area contributed by atoms with Gasteiger partial charge < -0.3 is 10.4 Å². The van der Waals surface area contributed by atoms with Crippen molar-refractivity contribution in [1.82, 2.24) is 5.32 Å². The van der Waals surface area contributed by atoms with Crippen LogP contribution >= 0.6 is 0 Å². The van der Waals surface area contributed by atoms with E-state index in [-0.39, 0.29) is 12.3 Å². The van der Waals surface area contributed by atoms with Crippen molar-refractivity contribution < 1.29 is 14.7 Å². The number of benzene rings is 1. The van der Waals surface area contributed by atoms with Gasteiger partial charge in [-0.3, -0.25) is 4.79 Å². The van der Waals surface area contributed by atoms with Crippen LogP contribution in [0.1, 0.15) is 30.6 Å². The van der Waals surface area contributed by atoms with Gasteiger partial charge in [-0.1, -0.05) is 29.8 Å². The third-order valence-electron chi connectivity index (χ3n) is 2.40. The van der Waals surface area contributed by atoms with E-state index in [0.29, 0.717) is 5.56 Å². The first-order valence-electron chi connectivity index (χ1n) is 5.73. The van der Waals surface area contributed by atoms with Gasteiger partial charge in [0.15, 0.2) is 0 Å². The van der Waals surface area contributed by atoms with E-state index < -0.39 is 12.0 Å². The number of amides is 1. The number of hydrogen-bond acceptors (Lipinski definition) is 2. The molecule has 0 saturated heterocycles. The highest BCUT2D eigenvalue weighted by Gasteiger charge is 2.19. The Kier molecular flexibility index (Phi) is 5.11. The van der Waals surface area contributed by atoms with Gasteiger partial charge in [0.2, 0.25) is 0 Å². The van der Waals surface area contributed by atoms with Crippen LogP contribution in [0.4, 0.5) is 0 Å². The number of carboxylic acids is 1. The monoisotopic (exact) mass is 247 g/mol. The third kappa shape index (κ3) is 4.41. The second kappa shape index (κ2) is 6.59. The molecule has 18 heavy (non-hydrogen) atoms. The molecular formula is C14H17NO3. The van der Waals surface area contributed by atoms with Crippen molar-refractivity contribution >= 4 is 11.9 Å². The van der Waals surface area contributed by atoms with Gasteiger partial charge >= 0.3 is 5.97 Å². The molecule has 1 amide bonds. The molecule has 2 N–H and O–H groups in total. The summed E-state index contributed by atoms with van der Waals surface area (Å²) in [4.78, 5) is 22.8. The summed E-state index contributed by atoms with van der Waals surface area (Å²) in [6, 6.07) is 7.67. The smallest absolute Gasteiger partial charge is 0.326 e. The van der Waals surface area contributed by atoms with Crippen LogP contribution < -0.4 is 5.32 Å². The maximum atomic E-state index is 11.8. The molecule has 0 saturated carbocycles. The summed E-state index contributed by atoms with van der Waals surface area (Å²) in [6.45, 7) is 3.77. The van der Waals surface area contributed by atoms with Gasteiger partial charge in [0.25, 0.3) is 5.91 Å². The first-order valence-corrected chi connectivity index (χ1v) is 5.73. The summed E-state index contributed by atoms with van der Waals surface area (Å²) in [6.07, 6.45) is 2.08. The molecule has 0 aliphatic carbocycles. The fourth-order valence-corrected chi connectivity index (χ4v) is 1.41. The molecule has 1 aromatic carbocycles. The first-order chi connectivity index (χ1) is 8.50. The average molecular weight is 247 g/mol. The molecule has 0 heterocycles. The lowest BCUT2D eigenvalue weighted by Gasteiger charge is -2.12. The minimum atomic E-state index is -1.03. The van der Waals surface area contributed by atoms with Crippen molar-refractivity contribution in [2.75, 3.05) is 0 Å². The number of hydrogen-bond donors (Lipinski definition) is 2. The molecule has 1 rings (SSSR count). The first kappa shape index (κ1) is 14.0. The predicted octanol–water partition coefficient (Wildman–Crippen LogP) is 2.23. The zero-order chi connectivity index (χ0) is 13.5. The van der Waals surface area contributed by atoms with E-state index in [9.17, 15) is 9.59 Å². The van der Waals surface area contributed by atoms with E-state index in [1.165, 1.54) is 0 Å². The SMILES string of the molecule is CC(C)=CC[C@@H](NC(=O)c1ccccc1)C(=O)O. The van der Waals surface area contributed by atoms with E-state index in [1.54, 1.807) is 36.4 Å². The van der Waals surface area contributed by atoms with Crippen molar-refractivity contribution in [3.8, 4) is 0 Å². The van der Waals surface area contributed by atoms with Crippen molar-refractivity contribution in [2.45, 2.75) is 26.3 Å². The Morgan fingerprint density at radius 3 is 2.39 bits per heavy atom. The van der Waals surface area contributed by atoms with E-state index in [2.05, 4.69) is 5.32 Å². The average Bonchev–Trinajstić information content (AvgIpc) is 2.34. The highest BCUT2D eigenvalue weighted by atomic mass is 16.4.